The standard InChI is InChI=1S/C27H40N6O6/c1-5-15(4)23(33-25(36)20(10-14(2)3)31-24(35)18(28)12-22(29)34)26(37)32-21(27(38)39)11-16-13-30-19-9-7-6-8-17(16)19/h6-9,13-15,18,20-21,23,30H,5,10-12,28H2,1-4H3,(H2,29,34)(H,31,35)(H,32,37)(H,33,36)(H,38,39). The van der Waals surface area contributed by atoms with Gasteiger partial charge in [0.1, 0.15) is 18.1 Å². The summed E-state index contributed by atoms with van der Waals surface area (Å²) in [6.45, 7) is 7.32. The van der Waals surface area contributed by atoms with Crippen molar-refractivity contribution in [3.63, 3.8) is 0 Å². The molecule has 9 N–H and O–H groups in total. The zero-order chi connectivity index (χ0) is 29.3. The minimum absolute atomic E-state index is 0.00291. The number of nitrogens with one attached hydrogen (secondary N) is 4. The van der Waals surface area contributed by atoms with Crippen molar-refractivity contribution in [1.82, 2.24) is 20.9 Å². The SMILES string of the molecule is CCC(C)C(NC(=O)C(CC(C)C)NC(=O)C(N)CC(N)=O)C(=O)NC(Cc1c[nH]c2ccccc12)C(=O)O. The molecule has 1 aromatic carbocycles. The van der Waals surface area contributed by atoms with Gasteiger partial charge in [0.15, 0.2) is 0 Å². The number of carbonyl (C=O) groups excluding carboxylic acids is 4. The molecule has 2 aromatic rings. The summed E-state index contributed by atoms with van der Waals surface area (Å²) in [5.41, 5.74) is 12.4. The number of aromatic nitrogens is 1. The number of carbonyl (C=O) groups is 5. The molecule has 12 nitrogen and oxygen atoms in total. The molecule has 5 atom stereocenters. The number of aromatic amines is 1. The highest BCUT2D eigenvalue weighted by Crippen LogP contribution is 2.19. The van der Waals surface area contributed by atoms with Crippen molar-refractivity contribution in [2.75, 3.05) is 0 Å². The van der Waals surface area contributed by atoms with Gasteiger partial charge in [-0.3, -0.25) is 19.2 Å². The Kier molecular flexibility index (Phi) is 11.5. The fraction of sp³-hybridized carbons (Fsp3) is 0.519. The monoisotopic (exact) mass is 544 g/mol. The Morgan fingerprint density at radius 2 is 1.59 bits per heavy atom. The van der Waals surface area contributed by atoms with Gasteiger partial charge < -0.3 is 37.5 Å². The minimum Gasteiger partial charge on any atom is -0.480 e. The maximum absolute atomic E-state index is 13.3. The zero-order valence-electron chi connectivity index (χ0n) is 22.8. The van der Waals surface area contributed by atoms with Crippen LogP contribution in [0.15, 0.2) is 30.5 Å². The van der Waals surface area contributed by atoms with Gasteiger partial charge in [-0.25, -0.2) is 4.79 Å². The molecule has 0 aliphatic carbocycles. The number of para-hydroxylation sites is 1. The number of benzene rings is 1. The summed E-state index contributed by atoms with van der Waals surface area (Å²) in [7, 11) is 0. The molecule has 0 radical (unpaired) electrons. The summed E-state index contributed by atoms with van der Waals surface area (Å²) >= 11 is 0. The van der Waals surface area contributed by atoms with Crippen LogP contribution in [-0.2, 0) is 30.4 Å². The van der Waals surface area contributed by atoms with E-state index in [0.717, 1.165) is 16.5 Å². The maximum atomic E-state index is 13.3. The van der Waals surface area contributed by atoms with Crippen molar-refractivity contribution in [3.8, 4) is 0 Å². The lowest BCUT2D eigenvalue weighted by Crippen LogP contribution is -2.59. The summed E-state index contributed by atoms with van der Waals surface area (Å²) in [5.74, 6) is -4.30. The Morgan fingerprint density at radius 1 is 0.949 bits per heavy atom. The van der Waals surface area contributed by atoms with Crippen LogP contribution in [0.3, 0.4) is 0 Å². The molecule has 0 fully saturated rings. The number of hydrogen-bond donors (Lipinski definition) is 7. The van der Waals surface area contributed by atoms with E-state index >= 15 is 0 Å². The molecule has 39 heavy (non-hydrogen) atoms. The number of nitrogens with two attached hydrogens (primary N) is 2. The fourth-order valence-electron chi connectivity index (χ4n) is 4.23. The maximum Gasteiger partial charge on any atom is 0.326 e. The molecule has 0 bridgehead atoms. The molecule has 0 aliphatic heterocycles. The van der Waals surface area contributed by atoms with Crippen LogP contribution in [0.1, 0.15) is 52.5 Å². The summed E-state index contributed by atoms with van der Waals surface area (Å²) in [4.78, 5) is 65.4. The van der Waals surface area contributed by atoms with Crippen LogP contribution in [0, 0.1) is 11.8 Å². The topological polar surface area (TPSA) is 209 Å². The highest BCUT2D eigenvalue weighted by atomic mass is 16.4. The van der Waals surface area contributed by atoms with Crippen molar-refractivity contribution in [1.29, 1.82) is 0 Å². The number of hydrogen-bond acceptors (Lipinski definition) is 6. The van der Waals surface area contributed by atoms with E-state index in [2.05, 4.69) is 20.9 Å². The second-order valence-corrected chi connectivity index (χ2v) is 10.3. The van der Waals surface area contributed by atoms with E-state index in [1.165, 1.54) is 0 Å². The first kappa shape index (κ1) is 31.3. The molecule has 0 aliphatic rings. The normalized spacial score (nSPS) is 15.1. The van der Waals surface area contributed by atoms with Crippen molar-refractivity contribution in [3.05, 3.63) is 36.0 Å². The minimum atomic E-state index is -1.24. The summed E-state index contributed by atoms with van der Waals surface area (Å²) in [6.07, 6.45) is 2.13. The van der Waals surface area contributed by atoms with Gasteiger partial charge in [-0.05, 0) is 29.9 Å². The Morgan fingerprint density at radius 3 is 2.18 bits per heavy atom. The molecule has 0 spiro atoms. The summed E-state index contributed by atoms with van der Waals surface area (Å²) < 4.78 is 0. The number of aliphatic carboxylic acids is 1. The van der Waals surface area contributed by atoms with E-state index in [0.29, 0.717) is 6.42 Å². The Bertz CT molecular complexity index is 1180. The van der Waals surface area contributed by atoms with Gasteiger partial charge in [0, 0.05) is 23.5 Å². The first-order chi connectivity index (χ1) is 18.3. The Hall–Kier alpha value is -3.93. The number of primary amides is 1. The third-order valence-corrected chi connectivity index (χ3v) is 6.60. The number of H-pyrrole nitrogens is 1. The molecule has 0 saturated carbocycles. The Labute approximate surface area is 227 Å². The van der Waals surface area contributed by atoms with Crippen LogP contribution in [0.5, 0.6) is 0 Å². The number of carboxylic acid groups (broad SMARTS) is 1. The van der Waals surface area contributed by atoms with Crippen LogP contribution < -0.4 is 27.4 Å². The van der Waals surface area contributed by atoms with E-state index in [1.54, 1.807) is 13.1 Å². The first-order valence-electron chi connectivity index (χ1n) is 13.1. The molecular formula is C27H40N6O6. The third-order valence-electron chi connectivity index (χ3n) is 6.60. The van der Waals surface area contributed by atoms with Crippen LogP contribution in [0.4, 0.5) is 0 Å². The highest BCUT2D eigenvalue weighted by Gasteiger charge is 2.33. The van der Waals surface area contributed by atoms with Gasteiger partial charge in [0.25, 0.3) is 0 Å². The van der Waals surface area contributed by atoms with Crippen molar-refractivity contribution in [2.45, 2.75) is 77.5 Å². The first-order valence-corrected chi connectivity index (χ1v) is 13.1. The van der Waals surface area contributed by atoms with Crippen LogP contribution in [0.25, 0.3) is 10.9 Å². The van der Waals surface area contributed by atoms with Gasteiger partial charge in [-0.1, -0.05) is 52.3 Å². The highest BCUT2D eigenvalue weighted by molar-refractivity contribution is 5.95. The number of fused-ring (bicyclic) bond motifs is 1. The molecule has 5 unspecified atom stereocenters. The fourth-order valence-corrected chi connectivity index (χ4v) is 4.23. The molecule has 214 valence electrons. The van der Waals surface area contributed by atoms with Crippen molar-refractivity contribution in [2.24, 2.45) is 23.3 Å². The Balaban J connectivity index is 2.20. The summed E-state index contributed by atoms with van der Waals surface area (Å²) in [5, 5.41) is 18.5. The van der Waals surface area contributed by atoms with E-state index in [9.17, 15) is 29.1 Å². The van der Waals surface area contributed by atoms with Gasteiger partial charge >= 0.3 is 5.97 Å². The smallest absolute Gasteiger partial charge is 0.326 e. The van der Waals surface area contributed by atoms with Crippen LogP contribution >= 0.6 is 0 Å². The second kappa shape index (κ2) is 14.3. The number of carboxylic acids is 1. The molecule has 2 rings (SSSR count). The van der Waals surface area contributed by atoms with Gasteiger partial charge in [0.2, 0.25) is 23.6 Å². The van der Waals surface area contributed by atoms with Gasteiger partial charge in [-0.15, -0.1) is 0 Å². The predicted molar refractivity (Wildman–Crippen MR) is 146 cm³/mol. The lowest BCUT2D eigenvalue weighted by Gasteiger charge is -2.28. The number of rotatable bonds is 15. The number of amides is 4. The van der Waals surface area contributed by atoms with Gasteiger partial charge in [-0.2, -0.15) is 0 Å². The van der Waals surface area contributed by atoms with Crippen LogP contribution in [0.2, 0.25) is 0 Å². The summed E-state index contributed by atoms with van der Waals surface area (Å²) in [6, 6.07) is 2.89. The predicted octanol–water partition coefficient (Wildman–Crippen LogP) is 0.544. The largest absolute Gasteiger partial charge is 0.480 e. The molecule has 1 heterocycles. The van der Waals surface area contributed by atoms with E-state index in [-0.39, 0.29) is 31.1 Å². The lowest BCUT2D eigenvalue weighted by molar-refractivity contribution is -0.142. The van der Waals surface area contributed by atoms with E-state index in [1.807, 2.05) is 45.0 Å². The second-order valence-electron chi connectivity index (χ2n) is 10.3. The molecular weight excluding hydrogens is 504 g/mol. The van der Waals surface area contributed by atoms with E-state index in [4.69, 9.17) is 11.5 Å². The molecule has 4 amide bonds. The quantitative estimate of drug-likeness (QED) is 0.169. The lowest BCUT2D eigenvalue weighted by atomic mass is 9.96. The van der Waals surface area contributed by atoms with Crippen LogP contribution in [-0.4, -0.2) is 63.9 Å². The average molecular weight is 545 g/mol. The van der Waals surface area contributed by atoms with Gasteiger partial charge in [0.05, 0.1) is 12.5 Å². The van der Waals surface area contributed by atoms with Crippen molar-refractivity contribution < 1.29 is 29.1 Å². The zero-order valence-corrected chi connectivity index (χ0v) is 22.8. The molecule has 0 saturated heterocycles. The average Bonchev–Trinajstić information content (AvgIpc) is 3.27. The van der Waals surface area contributed by atoms with Crippen molar-refractivity contribution >= 4 is 40.5 Å². The molecule has 1 aromatic heterocycles. The molecule has 12 heteroatoms. The van der Waals surface area contributed by atoms with E-state index < -0.39 is 53.8 Å². The third kappa shape index (κ3) is 9.10.